The van der Waals surface area contributed by atoms with Gasteiger partial charge in [-0.2, -0.15) is 0 Å². The van der Waals surface area contributed by atoms with Gasteiger partial charge in [0.15, 0.2) is 5.60 Å². The molecule has 3 aromatic carbocycles. The van der Waals surface area contributed by atoms with E-state index in [1.54, 1.807) is 11.8 Å². The third-order valence-electron chi connectivity index (χ3n) is 5.98. The molecule has 1 aromatic heterocycles. The van der Waals surface area contributed by atoms with Crippen LogP contribution in [0.5, 0.6) is 5.75 Å². The molecule has 6 heteroatoms. The molecule has 0 spiro atoms. The smallest absolute Gasteiger partial charge is 0.227 e. The van der Waals surface area contributed by atoms with Crippen LogP contribution in [-0.4, -0.2) is 10.4 Å². The minimum atomic E-state index is -1.10. The van der Waals surface area contributed by atoms with E-state index in [1.807, 2.05) is 96.6 Å². The number of Topliss-reactive ketones (excluding diaryl/α,β-unsaturated/α-hetero) is 1. The van der Waals surface area contributed by atoms with E-state index in [9.17, 15) is 4.79 Å². The number of carbonyl (C=O) groups is 1. The molecule has 0 fully saturated rings. The number of para-hydroxylation sites is 2. The van der Waals surface area contributed by atoms with E-state index in [-0.39, 0.29) is 5.78 Å². The second kappa shape index (κ2) is 8.94. The zero-order valence-electron chi connectivity index (χ0n) is 17.9. The zero-order chi connectivity index (χ0) is 23.0. The van der Waals surface area contributed by atoms with Crippen LogP contribution < -0.4 is 4.74 Å². The molecule has 0 aliphatic carbocycles. The van der Waals surface area contributed by atoms with E-state index < -0.39 is 5.60 Å². The Bertz CT molecular complexity index is 1310. The first kappa shape index (κ1) is 22.1. The number of carbonyl (C=O) groups excluding carboxylic acids is 1. The lowest BCUT2D eigenvalue weighted by Crippen LogP contribution is -2.41. The number of ketones is 1. The average Bonchev–Trinajstić information content (AvgIpc) is 3.29. The normalized spacial score (nSPS) is 17.1. The highest BCUT2D eigenvalue weighted by Gasteiger charge is 2.45. The van der Waals surface area contributed by atoms with E-state index >= 15 is 0 Å². The average molecular weight is 494 g/mol. The molecule has 0 saturated carbocycles. The molecule has 0 saturated heterocycles. The second-order valence-corrected chi connectivity index (χ2v) is 9.68. The molecule has 0 bridgehead atoms. The van der Waals surface area contributed by atoms with E-state index in [0.29, 0.717) is 33.7 Å². The first-order chi connectivity index (χ1) is 16.0. The summed E-state index contributed by atoms with van der Waals surface area (Å²) in [6, 6.07) is 25.1. The van der Waals surface area contributed by atoms with Crippen molar-refractivity contribution in [3.63, 3.8) is 0 Å². The Morgan fingerprint density at radius 3 is 2.36 bits per heavy atom. The van der Waals surface area contributed by atoms with Crippen LogP contribution in [0.4, 0.5) is 0 Å². The fourth-order valence-electron chi connectivity index (χ4n) is 4.23. The van der Waals surface area contributed by atoms with Crippen molar-refractivity contribution in [3.8, 4) is 11.4 Å². The molecule has 0 unspecified atom stereocenters. The first-order valence-electron chi connectivity index (χ1n) is 10.7. The molecular formula is C27H21Cl2NO2S. The highest BCUT2D eigenvalue weighted by Crippen LogP contribution is 2.41. The van der Waals surface area contributed by atoms with Gasteiger partial charge in [-0.3, -0.25) is 4.79 Å². The Morgan fingerprint density at radius 2 is 1.64 bits per heavy atom. The van der Waals surface area contributed by atoms with Gasteiger partial charge in [-0.05, 0) is 48.4 Å². The molecule has 1 aliphatic heterocycles. The van der Waals surface area contributed by atoms with Gasteiger partial charge in [0.25, 0.3) is 0 Å². The number of benzene rings is 3. The predicted octanol–water partition coefficient (Wildman–Crippen LogP) is 7.96. The molecule has 3 nitrogen and oxygen atoms in total. The summed E-state index contributed by atoms with van der Waals surface area (Å²) >= 11 is 14.2. The lowest BCUT2D eigenvalue weighted by atomic mass is 9.84. The Hall–Kier alpha value is -2.66. The van der Waals surface area contributed by atoms with Crippen LogP contribution in [-0.2, 0) is 11.4 Å². The van der Waals surface area contributed by atoms with E-state index in [0.717, 1.165) is 21.7 Å². The molecule has 0 amide bonds. The van der Waals surface area contributed by atoms with Crippen molar-refractivity contribution in [2.45, 2.75) is 29.6 Å². The van der Waals surface area contributed by atoms with Gasteiger partial charge in [0, 0.05) is 22.4 Å². The number of fused-ring (bicyclic) bond motifs is 3. The SMILES string of the molecule is CC[C@@]1(c2ccc(CSc3c(Cl)cccc3Cl)cc2)Oc2ccccc2-n2cccc2C1=O. The number of halogens is 2. The zero-order valence-corrected chi connectivity index (χ0v) is 20.3. The van der Waals surface area contributed by atoms with Crippen molar-refractivity contribution in [2.24, 2.45) is 0 Å². The van der Waals surface area contributed by atoms with Crippen molar-refractivity contribution >= 4 is 40.7 Å². The number of aromatic nitrogens is 1. The second-order valence-electron chi connectivity index (χ2n) is 7.88. The lowest BCUT2D eigenvalue weighted by molar-refractivity contribution is 0.0424. The van der Waals surface area contributed by atoms with Gasteiger partial charge in [0.2, 0.25) is 5.78 Å². The minimum absolute atomic E-state index is 0.0452. The molecule has 4 aromatic rings. The highest BCUT2D eigenvalue weighted by atomic mass is 35.5. The number of rotatable bonds is 5. The van der Waals surface area contributed by atoms with Crippen molar-refractivity contribution < 1.29 is 9.53 Å². The highest BCUT2D eigenvalue weighted by molar-refractivity contribution is 7.98. The minimum Gasteiger partial charge on any atom is -0.472 e. The van der Waals surface area contributed by atoms with Gasteiger partial charge >= 0.3 is 0 Å². The summed E-state index contributed by atoms with van der Waals surface area (Å²) in [5, 5.41) is 1.29. The Labute approximate surface area is 207 Å². The molecule has 1 atom stereocenters. The third kappa shape index (κ3) is 3.86. The third-order valence-corrected chi connectivity index (χ3v) is 8.04. The fraction of sp³-hybridized carbons (Fsp3) is 0.148. The summed E-state index contributed by atoms with van der Waals surface area (Å²) in [4.78, 5) is 14.7. The van der Waals surface area contributed by atoms with Crippen molar-refractivity contribution in [1.29, 1.82) is 0 Å². The van der Waals surface area contributed by atoms with Crippen molar-refractivity contribution in [1.82, 2.24) is 4.57 Å². The predicted molar refractivity (Wildman–Crippen MR) is 135 cm³/mol. The summed E-state index contributed by atoms with van der Waals surface area (Å²) in [5.74, 6) is 1.36. The number of thioether (sulfide) groups is 1. The number of nitrogens with zero attached hydrogens (tertiary/aromatic N) is 1. The first-order valence-corrected chi connectivity index (χ1v) is 12.4. The maximum Gasteiger partial charge on any atom is 0.227 e. The largest absolute Gasteiger partial charge is 0.472 e. The van der Waals surface area contributed by atoms with E-state index in [4.69, 9.17) is 27.9 Å². The summed E-state index contributed by atoms with van der Waals surface area (Å²) in [5.41, 5.74) is 2.33. The van der Waals surface area contributed by atoms with Crippen LogP contribution in [0, 0.1) is 0 Å². The summed E-state index contributed by atoms with van der Waals surface area (Å²) < 4.78 is 8.43. The standard InChI is InChI=1S/C27H21Cl2NO2S/c1-2-27(26(31)23-10-6-16-30(23)22-9-3-4-11-24(22)32-27)19-14-12-18(13-15-19)17-33-25-20(28)7-5-8-21(25)29/h3-16H,2,17H2,1H3/t27-/m0/s1. The number of hydrogen-bond donors (Lipinski definition) is 0. The number of ether oxygens (including phenoxy) is 1. The molecule has 33 heavy (non-hydrogen) atoms. The van der Waals surface area contributed by atoms with E-state index in [1.165, 1.54) is 0 Å². The van der Waals surface area contributed by atoms with Crippen molar-refractivity contribution in [2.75, 3.05) is 0 Å². The Balaban J connectivity index is 1.48. The quantitative estimate of drug-likeness (QED) is 0.264. The summed E-state index contributed by atoms with van der Waals surface area (Å²) in [6.07, 6.45) is 2.41. The van der Waals surface area contributed by atoms with Crippen LogP contribution >= 0.6 is 35.0 Å². The lowest BCUT2D eigenvalue weighted by Gasteiger charge is -2.31. The van der Waals surface area contributed by atoms with Crippen molar-refractivity contribution in [3.05, 3.63) is 112 Å². The molecule has 2 heterocycles. The molecule has 0 radical (unpaired) electrons. The molecular weight excluding hydrogens is 473 g/mol. The summed E-state index contributed by atoms with van der Waals surface area (Å²) in [6.45, 7) is 1.99. The van der Waals surface area contributed by atoms with Crippen LogP contribution in [0.25, 0.3) is 5.69 Å². The fourth-order valence-corrected chi connectivity index (χ4v) is 5.87. The topological polar surface area (TPSA) is 31.2 Å². The molecule has 166 valence electrons. The maximum atomic E-state index is 13.8. The van der Waals surface area contributed by atoms with Gasteiger partial charge in [0.05, 0.1) is 21.4 Å². The molecule has 0 N–H and O–H groups in total. The monoisotopic (exact) mass is 493 g/mol. The van der Waals surface area contributed by atoms with Crippen LogP contribution in [0.3, 0.4) is 0 Å². The van der Waals surface area contributed by atoms with Crippen LogP contribution in [0.2, 0.25) is 10.0 Å². The number of hydrogen-bond acceptors (Lipinski definition) is 3. The molecule has 1 aliphatic rings. The van der Waals surface area contributed by atoms with Crippen LogP contribution in [0.1, 0.15) is 35.0 Å². The summed E-state index contributed by atoms with van der Waals surface area (Å²) in [7, 11) is 0. The van der Waals surface area contributed by atoms with Gasteiger partial charge < -0.3 is 9.30 Å². The van der Waals surface area contributed by atoms with Crippen LogP contribution in [0.15, 0.2) is 90.0 Å². The maximum absolute atomic E-state index is 13.8. The van der Waals surface area contributed by atoms with Gasteiger partial charge in [-0.1, -0.05) is 72.6 Å². The Kier molecular flexibility index (Phi) is 6.00. The Morgan fingerprint density at radius 1 is 0.909 bits per heavy atom. The van der Waals surface area contributed by atoms with E-state index in [2.05, 4.69) is 0 Å². The molecule has 5 rings (SSSR count). The van der Waals surface area contributed by atoms with Gasteiger partial charge in [0.1, 0.15) is 5.75 Å². The van der Waals surface area contributed by atoms with Gasteiger partial charge in [-0.25, -0.2) is 0 Å². The van der Waals surface area contributed by atoms with Gasteiger partial charge in [-0.15, -0.1) is 11.8 Å².